The summed E-state index contributed by atoms with van der Waals surface area (Å²) in [5.74, 6) is 3.46. The summed E-state index contributed by atoms with van der Waals surface area (Å²) in [6.45, 7) is 8.54. The highest BCUT2D eigenvalue weighted by atomic mass is 16.2. The van der Waals surface area contributed by atoms with Crippen LogP contribution in [0.4, 0.5) is 0 Å². The minimum Gasteiger partial charge on any atom is -0.345 e. The van der Waals surface area contributed by atoms with Gasteiger partial charge in [0, 0.05) is 18.9 Å². The molecule has 0 spiro atoms. The molecule has 0 aromatic rings. The average molecular weight is 243 g/mol. The summed E-state index contributed by atoms with van der Waals surface area (Å²) in [4.78, 5) is 22.5. The van der Waals surface area contributed by atoms with E-state index < -0.39 is 11.8 Å². The van der Waals surface area contributed by atoms with Gasteiger partial charge < -0.3 is 10.6 Å². The highest BCUT2D eigenvalue weighted by Gasteiger charge is 2.42. The lowest BCUT2D eigenvalue weighted by Gasteiger charge is -2.43. The van der Waals surface area contributed by atoms with E-state index in [-0.39, 0.29) is 17.1 Å². The molecule has 1 aliphatic rings. The molecule has 1 fully saturated rings. The van der Waals surface area contributed by atoms with Gasteiger partial charge in [-0.3, -0.25) is 15.0 Å². The molecule has 1 aliphatic heterocycles. The molecule has 6 heteroatoms. The number of hydrogen-bond acceptors (Lipinski definition) is 3. The van der Waals surface area contributed by atoms with E-state index >= 15 is 0 Å². The van der Waals surface area contributed by atoms with Gasteiger partial charge in [-0.2, -0.15) is 0 Å². The maximum Gasteiger partial charge on any atom is 0.323 e. The number of hydrazine groups is 1. The van der Waals surface area contributed by atoms with Crippen LogP contribution in [0, 0.1) is 0 Å². The fraction of sp³-hybridized carbons (Fsp3) is 0.818. The molecule has 2 amide bonds. The molecular formula is C11H23N4O2+. The summed E-state index contributed by atoms with van der Waals surface area (Å²) in [6, 6.07) is 0.00907. The first-order chi connectivity index (χ1) is 7.65. The highest BCUT2D eigenvalue weighted by molar-refractivity contribution is 6.34. The van der Waals surface area contributed by atoms with Crippen LogP contribution < -0.4 is 21.9 Å². The second-order valence-corrected chi connectivity index (χ2v) is 6.17. The Morgan fingerprint density at radius 1 is 1.12 bits per heavy atom. The number of carbonyl (C=O) groups is 2. The molecule has 1 heterocycles. The van der Waals surface area contributed by atoms with Crippen LogP contribution in [0.25, 0.3) is 0 Å². The van der Waals surface area contributed by atoms with E-state index in [1.807, 2.05) is 5.43 Å². The smallest absolute Gasteiger partial charge is 0.323 e. The van der Waals surface area contributed by atoms with Gasteiger partial charge in [0.1, 0.15) is 0 Å². The van der Waals surface area contributed by atoms with E-state index in [9.17, 15) is 9.59 Å². The molecule has 0 radical (unpaired) electrons. The van der Waals surface area contributed by atoms with Crippen molar-refractivity contribution in [2.75, 3.05) is 0 Å². The summed E-state index contributed by atoms with van der Waals surface area (Å²) in [5.41, 5.74) is 1.95. The number of rotatable bonds is 1. The maximum atomic E-state index is 11.5. The molecule has 6 N–H and O–H groups in total. The largest absolute Gasteiger partial charge is 0.345 e. The van der Waals surface area contributed by atoms with Gasteiger partial charge in [-0.15, -0.1) is 0 Å². The van der Waals surface area contributed by atoms with Gasteiger partial charge >= 0.3 is 11.8 Å². The Morgan fingerprint density at radius 3 is 2.00 bits per heavy atom. The molecule has 1 rings (SSSR count). The Balaban J connectivity index is 2.66. The number of quaternary nitrogens is 1. The quantitative estimate of drug-likeness (QED) is 0.193. The fourth-order valence-corrected chi connectivity index (χ4v) is 2.94. The van der Waals surface area contributed by atoms with Crippen LogP contribution in [0.15, 0.2) is 0 Å². The maximum absolute atomic E-state index is 11.5. The first-order valence-electron chi connectivity index (χ1n) is 5.84. The van der Waals surface area contributed by atoms with Crippen LogP contribution in [0.2, 0.25) is 0 Å². The molecule has 6 nitrogen and oxygen atoms in total. The average Bonchev–Trinajstić information content (AvgIpc) is 2.11. The second-order valence-electron chi connectivity index (χ2n) is 6.17. The van der Waals surface area contributed by atoms with Crippen molar-refractivity contribution in [2.45, 2.75) is 57.7 Å². The second kappa shape index (κ2) is 4.62. The van der Waals surface area contributed by atoms with Crippen LogP contribution >= 0.6 is 0 Å². The Labute approximate surface area is 102 Å². The first kappa shape index (κ1) is 13.9. The summed E-state index contributed by atoms with van der Waals surface area (Å²) < 4.78 is 0. The number of hydrogen-bond donors (Lipinski definition) is 4. The number of nitrogens with two attached hydrogens (primary N) is 2. The topological polar surface area (TPSA) is 101 Å². The predicted octanol–water partition coefficient (Wildman–Crippen LogP) is -1.62. The van der Waals surface area contributed by atoms with Gasteiger partial charge in [0.05, 0.1) is 11.1 Å². The van der Waals surface area contributed by atoms with Gasteiger partial charge in [0.25, 0.3) is 0 Å². The van der Waals surface area contributed by atoms with Crippen LogP contribution in [0.1, 0.15) is 40.5 Å². The van der Waals surface area contributed by atoms with Crippen molar-refractivity contribution in [1.29, 1.82) is 0 Å². The number of piperidine rings is 1. The Hall–Kier alpha value is -1.14. The fourth-order valence-electron chi connectivity index (χ4n) is 2.94. The van der Waals surface area contributed by atoms with Crippen LogP contribution in [-0.4, -0.2) is 28.9 Å². The minimum atomic E-state index is -0.796. The molecule has 0 saturated carbocycles. The third-order valence-corrected chi connectivity index (χ3v) is 3.00. The molecule has 17 heavy (non-hydrogen) atoms. The third kappa shape index (κ3) is 3.98. The van der Waals surface area contributed by atoms with Crippen LogP contribution in [0.5, 0.6) is 0 Å². The number of amides is 2. The van der Waals surface area contributed by atoms with E-state index in [2.05, 4.69) is 38.3 Å². The lowest BCUT2D eigenvalue weighted by molar-refractivity contribution is -0.787. The first-order valence-corrected chi connectivity index (χ1v) is 5.84. The minimum absolute atomic E-state index is 0.00907. The summed E-state index contributed by atoms with van der Waals surface area (Å²) >= 11 is 0. The van der Waals surface area contributed by atoms with Gasteiger partial charge in [-0.25, -0.2) is 5.84 Å². The molecule has 1 saturated heterocycles. The van der Waals surface area contributed by atoms with E-state index in [1.165, 1.54) is 0 Å². The van der Waals surface area contributed by atoms with Gasteiger partial charge in [0.15, 0.2) is 0 Å². The van der Waals surface area contributed by atoms with E-state index in [4.69, 9.17) is 5.84 Å². The van der Waals surface area contributed by atoms with Crippen molar-refractivity contribution in [2.24, 2.45) is 5.84 Å². The zero-order chi connectivity index (χ0) is 13.3. The molecule has 0 aliphatic carbocycles. The van der Waals surface area contributed by atoms with Crippen molar-refractivity contribution in [3.8, 4) is 0 Å². The summed E-state index contributed by atoms with van der Waals surface area (Å²) in [7, 11) is 0. The van der Waals surface area contributed by atoms with E-state index in [1.54, 1.807) is 0 Å². The van der Waals surface area contributed by atoms with Crippen molar-refractivity contribution < 1.29 is 14.9 Å². The third-order valence-electron chi connectivity index (χ3n) is 3.00. The van der Waals surface area contributed by atoms with E-state index in [0.717, 1.165) is 12.8 Å². The summed E-state index contributed by atoms with van der Waals surface area (Å²) in [5, 5.41) is 5.04. The SMILES string of the molecule is CC1(C)CC(NC(=O)C(=O)NN)CC(C)(C)[NH2+]1. The van der Waals surface area contributed by atoms with Crippen molar-refractivity contribution in [3.05, 3.63) is 0 Å². The van der Waals surface area contributed by atoms with Crippen molar-refractivity contribution in [1.82, 2.24) is 10.7 Å². The number of nitrogens with one attached hydrogen (secondary N) is 2. The Morgan fingerprint density at radius 2 is 1.59 bits per heavy atom. The summed E-state index contributed by atoms with van der Waals surface area (Å²) in [6.07, 6.45) is 1.67. The zero-order valence-electron chi connectivity index (χ0n) is 11.0. The molecule has 0 aromatic carbocycles. The zero-order valence-corrected chi connectivity index (χ0v) is 11.0. The molecule has 0 atom stereocenters. The molecule has 0 aromatic heterocycles. The number of carbonyl (C=O) groups excluding carboxylic acids is 2. The highest BCUT2D eigenvalue weighted by Crippen LogP contribution is 2.21. The predicted molar refractivity (Wildman–Crippen MR) is 63.6 cm³/mol. The normalized spacial score (nSPS) is 22.9. The van der Waals surface area contributed by atoms with Crippen molar-refractivity contribution in [3.63, 3.8) is 0 Å². The van der Waals surface area contributed by atoms with Crippen LogP contribution in [0.3, 0.4) is 0 Å². The van der Waals surface area contributed by atoms with E-state index in [0.29, 0.717) is 0 Å². The molecular weight excluding hydrogens is 220 g/mol. The Bertz CT molecular complexity index is 309. The van der Waals surface area contributed by atoms with Crippen molar-refractivity contribution >= 4 is 11.8 Å². The molecule has 98 valence electrons. The molecule has 0 unspecified atom stereocenters. The van der Waals surface area contributed by atoms with Gasteiger partial charge in [-0.1, -0.05) is 0 Å². The lowest BCUT2D eigenvalue weighted by Crippen LogP contribution is -3.06. The standard InChI is InChI=1S/C11H22N4O2/c1-10(2)5-7(6-11(3,4)15-10)13-8(16)9(17)14-12/h7,15H,5-6,12H2,1-4H3,(H,13,16)(H,14,17)/p+1. The monoisotopic (exact) mass is 243 g/mol. The molecule has 0 bridgehead atoms. The van der Waals surface area contributed by atoms with Gasteiger partial charge in [-0.05, 0) is 27.7 Å². The van der Waals surface area contributed by atoms with Gasteiger partial charge in [0.2, 0.25) is 0 Å². The Kier molecular flexibility index (Phi) is 3.78. The lowest BCUT2D eigenvalue weighted by atomic mass is 9.79. The van der Waals surface area contributed by atoms with Crippen LogP contribution in [-0.2, 0) is 9.59 Å².